The normalized spacial score (nSPS) is 12.9. The number of hydrogen-bond donors (Lipinski definition) is 1. The van der Waals surface area contributed by atoms with Crippen LogP contribution >= 0.6 is 0 Å². The first kappa shape index (κ1) is 11.1. The highest BCUT2D eigenvalue weighted by molar-refractivity contribution is 5.28. The summed E-state index contributed by atoms with van der Waals surface area (Å²) < 4.78 is 5.56. The van der Waals surface area contributed by atoms with E-state index in [-0.39, 0.29) is 6.10 Å². The molecule has 0 radical (unpaired) electrons. The van der Waals surface area contributed by atoms with Crippen molar-refractivity contribution in [2.45, 2.75) is 32.9 Å². The summed E-state index contributed by atoms with van der Waals surface area (Å²) >= 11 is 0. The number of benzene rings is 1. The minimum absolute atomic E-state index is 0.238. The van der Waals surface area contributed by atoms with E-state index in [4.69, 9.17) is 4.74 Å². The first-order valence-corrected chi connectivity index (χ1v) is 5.07. The third-order valence-electron chi connectivity index (χ3n) is 2.18. The van der Waals surface area contributed by atoms with Crippen molar-refractivity contribution < 1.29 is 4.74 Å². The average molecular weight is 193 g/mol. The summed E-state index contributed by atoms with van der Waals surface area (Å²) in [5, 5.41) is 3.20. The smallest absolute Gasteiger partial charge is 0.119 e. The van der Waals surface area contributed by atoms with Gasteiger partial charge in [-0.25, -0.2) is 0 Å². The maximum atomic E-state index is 5.56. The molecule has 0 aliphatic heterocycles. The highest BCUT2D eigenvalue weighted by atomic mass is 16.5. The van der Waals surface area contributed by atoms with Crippen LogP contribution in [0.1, 0.15) is 32.4 Å². The molecule has 14 heavy (non-hydrogen) atoms. The second kappa shape index (κ2) is 5.01. The molecule has 1 unspecified atom stereocenters. The molecule has 0 spiro atoms. The second-order valence-electron chi connectivity index (χ2n) is 3.75. The van der Waals surface area contributed by atoms with Gasteiger partial charge in [0.2, 0.25) is 0 Å². The van der Waals surface area contributed by atoms with Gasteiger partial charge in [-0.2, -0.15) is 0 Å². The Bertz CT molecular complexity index is 266. The lowest BCUT2D eigenvalue weighted by atomic mass is 10.1. The molecule has 0 bridgehead atoms. The van der Waals surface area contributed by atoms with Crippen LogP contribution in [0.15, 0.2) is 24.3 Å². The largest absolute Gasteiger partial charge is 0.491 e. The maximum Gasteiger partial charge on any atom is 0.119 e. The Hall–Kier alpha value is -1.02. The fourth-order valence-corrected chi connectivity index (χ4v) is 1.27. The van der Waals surface area contributed by atoms with Crippen molar-refractivity contribution in [3.63, 3.8) is 0 Å². The number of nitrogens with one attached hydrogen (secondary N) is 1. The van der Waals surface area contributed by atoms with Gasteiger partial charge in [-0.3, -0.25) is 0 Å². The molecule has 0 heterocycles. The van der Waals surface area contributed by atoms with Crippen LogP contribution in [-0.2, 0) is 0 Å². The van der Waals surface area contributed by atoms with Gasteiger partial charge >= 0.3 is 0 Å². The molecule has 0 aromatic heterocycles. The first-order chi connectivity index (χ1) is 6.63. The minimum atomic E-state index is 0.238. The fraction of sp³-hybridized carbons (Fsp3) is 0.500. The predicted molar refractivity (Wildman–Crippen MR) is 59.7 cm³/mol. The fourth-order valence-electron chi connectivity index (χ4n) is 1.27. The predicted octanol–water partition coefficient (Wildman–Crippen LogP) is 2.75. The highest BCUT2D eigenvalue weighted by Crippen LogP contribution is 2.17. The van der Waals surface area contributed by atoms with Gasteiger partial charge in [0.25, 0.3) is 0 Å². The van der Waals surface area contributed by atoms with Crippen molar-refractivity contribution in [1.82, 2.24) is 5.32 Å². The van der Waals surface area contributed by atoms with Gasteiger partial charge in [0, 0.05) is 6.04 Å². The standard InChI is InChI=1S/C12H19NO/c1-9(2)14-12-7-5-11(6-8-12)10(3)13-4/h5-10,13H,1-4H3. The van der Waals surface area contributed by atoms with Crippen molar-refractivity contribution in [3.8, 4) is 5.75 Å². The van der Waals surface area contributed by atoms with Gasteiger partial charge in [0.1, 0.15) is 5.75 Å². The molecule has 0 aliphatic carbocycles. The van der Waals surface area contributed by atoms with Crippen LogP contribution in [-0.4, -0.2) is 13.2 Å². The summed E-state index contributed by atoms with van der Waals surface area (Å²) in [5.41, 5.74) is 1.28. The SMILES string of the molecule is CNC(C)c1ccc(OC(C)C)cc1. The molecule has 2 heteroatoms. The number of rotatable bonds is 4. The van der Waals surface area contributed by atoms with E-state index in [0.717, 1.165) is 5.75 Å². The van der Waals surface area contributed by atoms with Crippen LogP contribution in [0.2, 0.25) is 0 Å². The number of hydrogen-bond acceptors (Lipinski definition) is 2. The molecular formula is C12H19NO. The van der Waals surface area contributed by atoms with E-state index >= 15 is 0 Å². The lowest BCUT2D eigenvalue weighted by molar-refractivity contribution is 0.242. The molecule has 1 N–H and O–H groups in total. The zero-order valence-corrected chi connectivity index (χ0v) is 9.37. The van der Waals surface area contributed by atoms with E-state index in [1.54, 1.807) is 0 Å². The van der Waals surface area contributed by atoms with Crippen molar-refractivity contribution in [1.29, 1.82) is 0 Å². The minimum Gasteiger partial charge on any atom is -0.491 e. The van der Waals surface area contributed by atoms with Gasteiger partial charge in [-0.1, -0.05) is 12.1 Å². The summed E-state index contributed by atoms with van der Waals surface area (Å²) in [7, 11) is 1.96. The monoisotopic (exact) mass is 193 g/mol. The third kappa shape index (κ3) is 3.04. The summed E-state index contributed by atoms with van der Waals surface area (Å²) in [6.07, 6.45) is 0.238. The highest BCUT2D eigenvalue weighted by Gasteiger charge is 2.02. The van der Waals surface area contributed by atoms with E-state index < -0.39 is 0 Å². The molecular weight excluding hydrogens is 174 g/mol. The van der Waals surface area contributed by atoms with Gasteiger partial charge in [-0.05, 0) is 45.5 Å². The van der Waals surface area contributed by atoms with Crippen molar-refractivity contribution >= 4 is 0 Å². The average Bonchev–Trinajstić information content (AvgIpc) is 2.17. The molecule has 0 saturated heterocycles. The summed E-state index contributed by atoms with van der Waals surface area (Å²) in [6, 6.07) is 8.62. The van der Waals surface area contributed by atoms with Crippen LogP contribution in [0.4, 0.5) is 0 Å². The Labute approximate surface area is 86.3 Å². The molecule has 0 fully saturated rings. The summed E-state index contributed by atoms with van der Waals surface area (Å²) in [4.78, 5) is 0. The molecule has 0 saturated carbocycles. The Morgan fingerprint density at radius 3 is 2.07 bits per heavy atom. The van der Waals surface area contributed by atoms with Crippen LogP contribution in [0.25, 0.3) is 0 Å². The molecule has 1 atom stereocenters. The molecule has 1 rings (SSSR count). The molecule has 0 aliphatic rings. The Balaban J connectivity index is 2.68. The van der Waals surface area contributed by atoms with Crippen molar-refractivity contribution in [3.05, 3.63) is 29.8 Å². The molecule has 1 aromatic rings. The third-order valence-corrected chi connectivity index (χ3v) is 2.18. The number of ether oxygens (including phenoxy) is 1. The first-order valence-electron chi connectivity index (χ1n) is 5.07. The lowest BCUT2D eigenvalue weighted by Crippen LogP contribution is -2.12. The maximum absolute atomic E-state index is 5.56. The summed E-state index contributed by atoms with van der Waals surface area (Å²) in [5.74, 6) is 0.937. The Kier molecular flexibility index (Phi) is 3.96. The van der Waals surface area contributed by atoms with E-state index in [2.05, 4.69) is 24.4 Å². The van der Waals surface area contributed by atoms with E-state index in [0.29, 0.717) is 6.04 Å². The van der Waals surface area contributed by atoms with Gasteiger partial charge < -0.3 is 10.1 Å². The van der Waals surface area contributed by atoms with Crippen molar-refractivity contribution in [2.75, 3.05) is 7.05 Å². The Morgan fingerprint density at radius 1 is 1.07 bits per heavy atom. The molecule has 0 amide bonds. The molecule has 1 aromatic carbocycles. The lowest BCUT2D eigenvalue weighted by Gasteiger charge is -2.13. The van der Waals surface area contributed by atoms with Crippen LogP contribution in [0, 0.1) is 0 Å². The zero-order valence-electron chi connectivity index (χ0n) is 9.37. The Morgan fingerprint density at radius 2 is 1.64 bits per heavy atom. The molecule has 2 nitrogen and oxygen atoms in total. The van der Waals surface area contributed by atoms with E-state index in [1.165, 1.54) is 5.56 Å². The van der Waals surface area contributed by atoms with Gasteiger partial charge in [-0.15, -0.1) is 0 Å². The van der Waals surface area contributed by atoms with E-state index in [9.17, 15) is 0 Å². The van der Waals surface area contributed by atoms with Crippen molar-refractivity contribution in [2.24, 2.45) is 0 Å². The van der Waals surface area contributed by atoms with Crippen LogP contribution in [0.3, 0.4) is 0 Å². The van der Waals surface area contributed by atoms with Gasteiger partial charge in [0.05, 0.1) is 6.10 Å². The second-order valence-corrected chi connectivity index (χ2v) is 3.75. The van der Waals surface area contributed by atoms with E-state index in [1.807, 2.05) is 33.0 Å². The van der Waals surface area contributed by atoms with Crippen LogP contribution < -0.4 is 10.1 Å². The molecule has 78 valence electrons. The summed E-state index contributed by atoms with van der Waals surface area (Å²) in [6.45, 7) is 6.20. The zero-order chi connectivity index (χ0) is 10.6. The van der Waals surface area contributed by atoms with Gasteiger partial charge in [0.15, 0.2) is 0 Å². The topological polar surface area (TPSA) is 21.3 Å². The van der Waals surface area contributed by atoms with Crippen LogP contribution in [0.5, 0.6) is 5.75 Å². The quantitative estimate of drug-likeness (QED) is 0.794.